The molecule has 174 valence electrons. The van der Waals surface area contributed by atoms with Crippen molar-refractivity contribution in [2.45, 2.75) is 0 Å². The van der Waals surface area contributed by atoms with Gasteiger partial charge in [-0.15, -0.1) is 0 Å². The van der Waals surface area contributed by atoms with Crippen LogP contribution in [0.5, 0.6) is 0 Å². The standard InChI is InChI=1S/C12H27N3O12Si3/c1-19-28(20-2,21-3)13-10(16)14(29(22-4,23-5)24-6)12(18)15(11(13)17)30(25-7,26-8)27-9/h1-9H3. The third-order valence-electron chi connectivity index (χ3n) is 4.29. The van der Waals surface area contributed by atoms with Crippen molar-refractivity contribution in [3.63, 3.8) is 0 Å². The maximum atomic E-state index is 13.4. The molecule has 0 aliphatic rings. The van der Waals surface area contributed by atoms with Crippen LogP contribution in [0.4, 0.5) is 0 Å². The lowest BCUT2D eigenvalue weighted by atomic mass is 11.0. The number of hydrogen-bond donors (Lipinski definition) is 0. The zero-order chi connectivity index (χ0) is 23.3. The van der Waals surface area contributed by atoms with Gasteiger partial charge in [-0.3, -0.25) is 0 Å². The van der Waals surface area contributed by atoms with Gasteiger partial charge >= 0.3 is 44.0 Å². The summed E-state index contributed by atoms with van der Waals surface area (Å²) < 4.78 is 49.0. The van der Waals surface area contributed by atoms with Gasteiger partial charge in [0, 0.05) is 64.0 Å². The van der Waals surface area contributed by atoms with Gasteiger partial charge in [-0.1, -0.05) is 0 Å². The van der Waals surface area contributed by atoms with E-state index in [2.05, 4.69) is 0 Å². The molecule has 0 atom stereocenters. The highest BCUT2D eigenvalue weighted by atomic mass is 28.4. The highest BCUT2D eigenvalue weighted by molar-refractivity contribution is 6.61. The number of hydrogen-bond acceptors (Lipinski definition) is 12. The van der Waals surface area contributed by atoms with Gasteiger partial charge in [-0.25, -0.2) is 27.1 Å². The summed E-state index contributed by atoms with van der Waals surface area (Å²) in [5.41, 5.74) is -3.62. The highest BCUT2D eigenvalue weighted by Crippen LogP contribution is 2.10. The zero-order valence-electron chi connectivity index (χ0n) is 18.2. The molecule has 1 aromatic heterocycles. The quantitative estimate of drug-likeness (QED) is 0.273. The third kappa shape index (κ3) is 3.85. The van der Waals surface area contributed by atoms with Crippen molar-refractivity contribution in [3.8, 4) is 0 Å². The topological polar surface area (TPSA) is 149 Å². The Bertz CT molecular complexity index is 718. The minimum absolute atomic E-state index is 0.506. The highest BCUT2D eigenvalue weighted by Gasteiger charge is 2.56. The van der Waals surface area contributed by atoms with Gasteiger partial charge in [0.15, 0.2) is 0 Å². The van der Waals surface area contributed by atoms with E-state index in [1.807, 2.05) is 0 Å². The Morgan fingerprint density at radius 2 is 0.533 bits per heavy atom. The van der Waals surface area contributed by atoms with Crippen LogP contribution in [0, 0.1) is 0 Å². The molecular weight excluding hydrogens is 462 g/mol. The van der Waals surface area contributed by atoms with Gasteiger partial charge in [0.2, 0.25) is 0 Å². The van der Waals surface area contributed by atoms with E-state index >= 15 is 0 Å². The normalized spacial score (nSPS) is 13.1. The van der Waals surface area contributed by atoms with E-state index in [1.54, 1.807) is 0 Å². The van der Waals surface area contributed by atoms with Crippen molar-refractivity contribution in [1.82, 2.24) is 12.7 Å². The summed E-state index contributed by atoms with van der Waals surface area (Å²) in [4.78, 5) is 40.2. The van der Waals surface area contributed by atoms with Gasteiger partial charge in [0.1, 0.15) is 0 Å². The van der Waals surface area contributed by atoms with Crippen LogP contribution < -0.4 is 17.1 Å². The largest absolute Gasteiger partial charge is 0.645 e. The zero-order valence-corrected chi connectivity index (χ0v) is 21.2. The van der Waals surface area contributed by atoms with E-state index in [1.165, 1.54) is 64.0 Å². The molecule has 0 saturated carbocycles. The monoisotopic (exact) mass is 489 g/mol. The lowest BCUT2D eigenvalue weighted by Gasteiger charge is -2.31. The van der Waals surface area contributed by atoms with E-state index in [0.717, 1.165) is 0 Å². The predicted molar refractivity (Wildman–Crippen MR) is 106 cm³/mol. The molecule has 0 aromatic carbocycles. The second kappa shape index (κ2) is 10.3. The molecule has 1 aromatic rings. The van der Waals surface area contributed by atoms with Crippen molar-refractivity contribution >= 4 is 26.9 Å². The van der Waals surface area contributed by atoms with E-state index in [4.69, 9.17) is 39.8 Å². The fourth-order valence-electron chi connectivity index (χ4n) is 2.82. The van der Waals surface area contributed by atoms with Crippen molar-refractivity contribution in [1.29, 1.82) is 0 Å². The molecular formula is C12H27N3O12Si3. The van der Waals surface area contributed by atoms with Crippen molar-refractivity contribution in [3.05, 3.63) is 31.5 Å². The molecule has 18 heteroatoms. The van der Waals surface area contributed by atoms with Gasteiger partial charge in [-0.2, -0.15) is 0 Å². The third-order valence-corrected chi connectivity index (χ3v) is 11.7. The Hall–Kier alpha value is -1.30. The molecule has 1 rings (SSSR count). The second-order valence-corrected chi connectivity index (χ2v) is 13.4. The Morgan fingerprint density at radius 3 is 0.633 bits per heavy atom. The van der Waals surface area contributed by atoms with Crippen LogP contribution in [0.25, 0.3) is 0 Å². The van der Waals surface area contributed by atoms with Crippen LogP contribution in [0.2, 0.25) is 0 Å². The SMILES string of the molecule is CO[Si](OC)(OC)n1c(=O)n([Si](OC)(OC)OC)c(=O)n([Si](OC)(OC)OC)c1=O. The first-order valence-electron chi connectivity index (χ1n) is 8.14. The van der Waals surface area contributed by atoms with Gasteiger partial charge in [0.05, 0.1) is 0 Å². The van der Waals surface area contributed by atoms with Crippen molar-refractivity contribution in [2.75, 3.05) is 64.0 Å². The lowest BCUT2D eigenvalue weighted by Crippen LogP contribution is -2.76. The van der Waals surface area contributed by atoms with E-state index < -0.39 is 44.0 Å². The molecule has 1 heterocycles. The Balaban J connectivity index is 4.47. The van der Waals surface area contributed by atoms with Crippen LogP contribution >= 0.6 is 0 Å². The predicted octanol–water partition coefficient (Wildman–Crippen LogP) is -3.16. The number of rotatable bonds is 12. The minimum atomic E-state index is -4.18. The summed E-state index contributed by atoms with van der Waals surface area (Å²) in [7, 11) is -1.99. The van der Waals surface area contributed by atoms with E-state index in [9.17, 15) is 14.4 Å². The molecule has 0 unspecified atom stereocenters. The van der Waals surface area contributed by atoms with Crippen LogP contribution in [0.15, 0.2) is 14.4 Å². The van der Waals surface area contributed by atoms with Gasteiger partial charge in [-0.05, 0) is 0 Å². The lowest BCUT2D eigenvalue weighted by molar-refractivity contribution is 0.0905. The first-order valence-corrected chi connectivity index (χ1v) is 13.2. The maximum absolute atomic E-state index is 13.4. The average Bonchev–Trinajstić information content (AvgIpc) is 2.77. The molecule has 0 saturated heterocycles. The first kappa shape index (κ1) is 26.7. The van der Waals surface area contributed by atoms with Gasteiger partial charge < -0.3 is 39.8 Å². The van der Waals surface area contributed by atoms with Crippen LogP contribution in [-0.4, -0.2) is 104 Å². The molecule has 0 N–H and O–H groups in total. The molecule has 0 aliphatic carbocycles. The molecule has 15 nitrogen and oxygen atoms in total. The van der Waals surface area contributed by atoms with E-state index in [-0.39, 0.29) is 0 Å². The first-order chi connectivity index (χ1) is 14.1. The summed E-state index contributed by atoms with van der Waals surface area (Å²) in [6.07, 6.45) is 0. The minimum Gasteiger partial charge on any atom is -0.359 e. The Kier molecular flexibility index (Phi) is 9.22. The summed E-state index contributed by atoms with van der Waals surface area (Å²) in [5, 5.41) is 0. The maximum Gasteiger partial charge on any atom is 0.645 e. The summed E-state index contributed by atoms with van der Waals surface area (Å²) in [6.45, 7) is 0. The molecule has 0 bridgehead atoms. The van der Waals surface area contributed by atoms with Gasteiger partial charge in [0.25, 0.3) is 0 Å². The molecule has 0 aliphatic heterocycles. The summed E-state index contributed by atoms with van der Waals surface area (Å²) >= 11 is 0. The number of aromatic nitrogens is 3. The molecule has 30 heavy (non-hydrogen) atoms. The van der Waals surface area contributed by atoms with Crippen molar-refractivity contribution < 1.29 is 39.8 Å². The number of nitrogens with zero attached hydrogens (tertiary/aromatic N) is 3. The van der Waals surface area contributed by atoms with Crippen LogP contribution in [0.1, 0.15) is 0 Å². The van der Waals surface area contributed by atoms with Crippen molar-refractivity contribution in [2.24, 2.45) is 0 Å². The fourth-order valence-corrected chi connectivity index (χ4v) is 8.27. The molecule has 0 spiro atoms. The second-order valence-electron chi connectivity index (χ2n) is 5.26. The molecule has 0 radical (unpaired) electrons. The molecule has 0 fully saturated rings. The average molecular weight is 490 g/mol. The Labute approximate surface area is 175 Å². The Morgan fingerprint density at radius 1 is 0.400 bits per heavy atom. The smallest absolute Gasteiger partial charge is 0.359 e. The molecule has 0 amide bonds. The van der Waals surface area contributed by atoms with Crippen LogP contribution in [-0.2, 0) is 39.8 Å². The summed E-state index contributed by atoms with van der Waals surface area (Å²) in [6, 6.07) is 0. The fraction of sp³-hybridized carbons (Fsp3) is 0.750. The van der Waals surface area contributed by atoms with Crippen LogP contribution in [0.3, 0.4) is 0 Å². The van der Waals surface area contributed by atoms with E-state index in [0.29, 0.717) is 12.7 Å². The summed E-state index contributed by atoms with van der Waals surface area (Å²) in [5.74, 6) is 0.